The Morgan fingerprint density at radius 2 is 2.11 bits per heavy atom. The van der Waals surface area contributed by atoms with Gasteiger partial charge in [0.2, 0.25) is 5.91 Å². The van der Waals surface area contributed by atoms with Gasteiger partial charge in [-0.25, -0.2) is 0 Å². The van der Waals surface area contributed by atoms with E-state index >= 15 is 0 Å². The Bertz CT molecular complexity index is 529. The van der Waals surface area contributed by atoms with Crippen LogP contribution in [0.25, 0.3) is 0 Å². The standard InChI is InChI=1S/C11H13N3O5/c1-2-13(6-10(12)16)11(17)8-5-7(15)3-4-9(8)14(18)19/h3-5,15H,2,6H2,1H3,(H2,12,16). The number of hydrogen-bond acceptors (Lipinski definition) is 5. The van der Waals surface area contributed by atoms with Gasteiger partial charge < -0.3 is 15.7 Å². The number of benzene rings is 1. The van der Waals surface area contributed by atoms with Crippen molar-refractivity contribution in [3.05, 3.63) is 33.9 Å². The number of nitrogens with two attached hydrogens (primary N) is 1. The molecule has 0 bridgehead atoms. The fourth-order valence-corrected chi connectivity index (χ4v) is 1.54. The molecule has 102 valence electrons. The largest absolute Gasteiger partial charge is 0.508 e. The highest BCUT2D eigenvalue weighted by Crippen LogP contribution is 2.24. The molecule has 19 heavy (non-hydrogen) atoms. The molecule has 0 atom stereocenters. The van der Waals surface area contributed by atoms with E-state index in [1.165, 1.54) is 0 Å². The first-order valence-electron chi connectivity index (χ1n) is 5.41. The molecule has 8 heteroatoms. The first-order chi connectivity index (χ1) is 8.86. The van der Waals surface area contributed by atoms with Crippen LogP contribution in [-0.4, -0.2) is 39.8 Å². The summed E-state index contributed by atoms with van der Waals surface area (Å²) in [6, 6.07) is 3.13. The number of amides is 2. The summed E-state index contributed by atoms with van der Waals surface area (Å²) in [7, 11) is 0. The lowest BCUT2D eigenvalue weighted by Crippen LogP contribution is -2.38. The molecule has 1 aromatic carbocycles. The van der Waals surface area contributed by atoms with E-state index in [0.29, 0.717) is 0 Å². The fraction of sp³-hybridized carbons (Fsp3) is 0.273. The van der Waals surface area contributed by atoms with Gasteiger partial charge in [-0.05, 0) is 19.1 Å². The number of hydrogen-bond donors (Lipinski definition) is 2. The van der Waals surface area contributed by atoms with E-state index in [9.17, 15) is 24.8 Å². The van der Waals surface area contributed by atoms with Crippen molar-refractivity contribution in [3.63, 3.8) is 0 Å². The molecule has 0 aliphatic heterocycles. The minimum Gasteiger partial charge on any atom is -0.508 e. The van der Waals surface area contributed by atoms with Gasteiger partial charge in [-0.2, -0.15) is 0 Å². The molecule has 1 aromatic rings. The smallest absolute Gasteiger partial charge is 0.282 e. The molecule has 0 fully saturated rings. The molecule has 1 rings (SSSR count). The number of aromatic hydroxyl groups is 1. The van der Waals surface area contributed by atoms with Crippen molar-refractivity contribution < 1.29 is 19.6 Å². The number of carbonyl (C=O) groups excluding carboxylic acids is 2. The van der Waals surface area contributed by atoms with E-state index in [-0.39, 0.29) is 24.4 Å². The fourth-order valence-electron chi connectivity index (χ4n) is 1.54. The minimum atomic E-state index is -0.732. The molecular formula is C11H13N3O5. The van der Waals surface area contributed by atoms with Gasteiger partial charge in [-0.1, -0.05) is 0 Å². The number of nitrogens with zero attached hydrogens (tertiary/aromatic N) is 2. The number of primary amides is 1. The zero-order valence-electron chi connectivity index (χ0n) is 10.2. The number of carbonyl (C=O) groups is 2. The van der Waals surface area contributed by atoms with Crippen molar-refractivity contribution in [2.75, 3.05) is 13.1 Å². The molecule has 3 N–H and O–H groups in total. The van der Waals surface area contributed by atoms with E-state index in [0.717, 1.165) is 23.1 Å². The van der Waals surface area contributed by atoms with Crippen molar-refractivity contribution in [3.8, 4) is 5.75 Å². The van der Waals surface area contributed by atoms with E-state index < -0.39 is 22.4 Å². The lowest BCUT2D eigenvalue weighted by Gasteiger charge is -2.18. The Morgan fingerprint density at radius 3 is 2.58 bits per heavy atom. The Labute approximate surface area is 108 Å². The summed E-state index contributed by atoms with van der Waals surface area (Å²) >= 11 is 0. The second kappa shape index (κ2) is 5.80. The van der Waals surface area contributed by atoms with Gasteiger partial charge in [0.15, 0.2) is 0 Å². The summed E-state index contributed by atoms with van der Waals surface area (Å²) in [4.78, 5) is 34.1. The number of rotatable bonds is 5. The van der Waals surface area contributed by atoms with Gasteiger partial charge >= 0.3 is 0 Å². The van der Waals surface area contributed by atoms with Crippen molar-refractivity contribution in [1.29, 1.82) is 0 Å². The van der Waals surface area contributed by atoms with Crippen molar-refractivity contribution >= 4 is 17.5 Å². The van der Waals surface area contributed by atoms with Crippen molar-refractivity contribution in [1.82, 2.24) is 4.90 Å². The molecule has 0 aliphatic carbocycles. The van der Waals surface area contributed by atoms with Gasteiger partial charge in [0.1, 0.15) is 11.3 Å². The van der Waals surface area contributed by atoms with Crippen LogP contribution in [0.2, 0.25) is 0 Å². The van der Waals surface area contributed by atoms with Crippen LogP contribution in [0.4, 0.5) is 5.69 Å². The van der Waals surface area contributed by atoms with Crippen LogP contribution in [0, 0.1) is 10.1 Å². The monoisotopic (exact) mass is 267 g/mol. The van der Waals surface area contributed by atoms with Crippen LogP contribution in [0.15, 0.2) is 18.2 Å². The highest BCUT2D eigenvalue weighted by Gasteiger charge is 2.25. The van der Waals surface area contributed by atoms with Crippen LogP contribution < -0.4 is 5.73 Å². The van der Waals surface area contributed by atoms with E-state index in [4.69, 9.17) is 5.73 Å². The highest BCUT2D eigenvalue weighted by molar-refractivity contribution is 6.00. The lowest BCUT2D eigenvalue weighted by atomic mass is 10.1. The van der Waals surface area contributed by atoms with E-state index in [1.807, 2.05) is 0 Å². The SMILES string of the molecule is CCN(CC(N)=O)C(=O)c1cc(O)ccc1[N+](=O)[O-]. The van der Waals surface area contributed by atoms with Gasteiger partial charge in [-0.15, -0.1) is 0 Å². The maximum absolute atomic E-state index is 12.1. The molecule has 0 saturated carbocycles. The van der Waals surface area contributed by atoms with Crippen LogP contribution in [0.3, 0.4) is 0 Å². The second-order valence-electron chi connectivity index (χ2n) is 3.74. The first kappa shape index (κ1) is 14.4. The quantitative estimate of drug-likeness (QED) is 0.583. The van der Waals surface area contributed by atoms with E-state index in [2.05, 4.69) is 0 Å². The second-order valence-corrected chi connectivity index (χ2v) is 3.74. The maximum Gasteiger partial charge on any atom is 0.282 e. The Balaban J connectivity index is 3.19. The Morgan fingerprint density at radius 1 is 1.47 bits per heavy atom. The van der Waals surface area contributed by atoms with Crippen molar-refractivity contribution in [2.24, 2.45) is 5.73 Å². The van der Waals surface area contributed by atoms with Gasteiger partial charge in [0, 0.05) is 12.6 Å². The molecule has 0 heterocycles. The van der Waals surface area contributed by atoms with E-state index in [1.54, 1.807) is 6.92 Å². The number of phenolic OH excluding ortho intramolecular Hbond substituents is 1. The number of phenols is 1. The summed E-state index contributed by atoms with van der Waals surface area (Å²) in [5.41, 5.74) is 4.27. The first-order valence-corrected chi connectivity index (χ1v) is 5.41. The summed E-state index contributed by atoms with van der Waals surface area (Å²) in [6.07, 6.45) is 0. The average Bonchev–Trinajstić information content (AvgIpc) is 2.34. The lowest BCUT2D eigenvalue weighted by molar-refractivity contribution is -0.385. The third kappa shape index (κ3) is 3.41. The summed E-state index contributed by atoms with van der Waals surface area (Å²) in [6.45, 7) is 1.42. The molecule has 0 aromatic heterocycles. The molecule has 8 nitrogen and oxygen atoms in total. The summed E-state index contributed by atoms with van der Waals surface area (Å²) in [5, 5.41) is 20.2. The molecule has 0 spiro atoms. The normalized spacial score (nSPS) is 9.95. The number of likely N-dealkylation sites (N-methyl/N-ethyl adjacent to an activating group) is 1. The number of nitro benzene ring substituents is 1. The summed E-state index contributed by atoms with van der Waals surface area (Å²) < 4.78 is 0. The zero-order valence-corrected chi connectivity index (χ0v) is 10.2. The van der Waals surface area contributed by atoms with Gasteiger partial charge in [0.25, 0.3) is 11.6 Å². The Hall–Kier alpha value is -2.64. The topological polar surface area (TPSA) is 127 Å². The molecule has 0 aliphatic rings. The maximum atomic E-state index is 12.1. The van der Waals surface area contributed by atoms with Gasteiger partial charge in [0.05, 0.1) is 11.5 Å². The average molecular weight is 267 g/mol. The Kier molecular flexibility index (Phi) is 4.41. The molecule has 2 amide bonds. The number of nitro groups is 1. The highest BCUT2D eigenvalue weighted by atomic mass is 16.6. The molecular weight excluding hydrogens is 254 g/mol. The van der Waals surface area contributed by atoms with Crippen LogP contribution in [0.5, 0.6) is 5.75 Å². The molecule has 0 saturated heterocycles. The van der Waals surface area contributed by atoms with Crippen LogP contribution in [-0.2, 0) is 4.79 Å². The van der Waals surface area contributed by atoms with Crippen LogP contribution in [0.1, 0.15) is 17.3 Å². The predicted octanol–water partition coefficient (Wildman–Crippen LogP) is 0.248. The van der Waals surface area contributed by atoms with Gasteiger partial charge in [-0.3, -0.25) is 19.7 Å². The minimum absolute atomic E-state index is 0.161. The molecule has 0 unspecified atom stereocenters. The third-order valence-corrected chi connectivity index (χ3v) is 2.42. The predicted molar refractivity (Wildman–Crippen MR) is 65.5 cm³/mol. The zero-order chi connectivity index (χ0) is 14.6. The van der Waals surface area contributed by atoms with Crippen molar-refractivity contribution in [2.45, 2.75) is 6.92 Å². The summed E-state index contributed by atoms with van der Waals surface area (Å²) in [5.74, 6) is -1.73. The van der Waals surface area contributed by atoms with Crippen LogP contribution >= 0.6 is 0 Å². The molecule has 0 radical (unpaired) electrons. The third-order valence-electron chi connectivity index (χ3n) is 2.42.